The Bertz CT molecular complexity index is 453. The molecule has 1 N–H and O–H groups in total. The number of ether oxygens (including phenoxy) is 1. The average molecular weight is 249 g/mol. The zero-order chi connectivity index (χ0) is 12.8. The maximum absolute atomic E-state index is 12.7. The van der Waals surface area contributed by atoms with Gasteiger partial charge in [0.25, 0.3) is 0 Å². The van der Waals surface area contributed by atoms with Gasteiger partial charge in [-0.25, -0.2) is 4.39 Å². The van der Waals surface area contributed by atoms with Crippen LogP contribution in [0.2, 0.25) is 0 Å². The van der Waals surface area contributed by atoms with Crippen molar-refractivity contribution in [2.45, 2.75) is 13.0 Å². The Kier molecular flexibility index (Phi) is 4.36. The van der Waals surface area contributed by atoms with Gasteiger partial charge in [0.15, 0.2) is 0 Å². The highest BCUT2D eigenvalue weighted by molar-refractivity contribution is 5.21. The van der Waals surface area contributed by atoms with Gasteiger partial charge in [-0.05, 0) is 43.3 Å². The number of furan rings is 1. The van der Waals surface area contributed by atoms with Crippen molar-refractivity contribution in [3.8, 4) is 5.75 Å². The lowest BCUT2D eigenvalue weighted by Gasteiger charge is -2.12. The van der Waals surface area contributed by atoms with Crippen molar-refractivity contribution in [2.75, 3.05) is 13.2 Å². The highest BCUT2D eigenvalue weighted by Crippen LogP contribution is 2.12. The summed E-state index contributed by atoms with van der Waals surface area (Å²) in [6.07, 6.45) is 1.66. The molecule has 0 radical (unpaired) electrons. The van der Waals surface area contributed by atoms with E-state index in [1.165, 1.54) is 12.1 Å². The minimum atomic E-state index is -0.257. The molecule has 0 bridgehead atoms. The Morgan fingerprint density at radius 1 is 1.28 bits per heavy atom. The van der Waals surface area contributed by atoms with Gasteiger partial charge >= 0.3 is 0 Å². The van der Waals surface area contributed by atoms with E-state index in [0.717, 1.165) is 5.76 Å². The zero-order valence-corrected chi connectivity index (χ0v) is 10.2. The molecule has 0 fully saturated rings. The Labute approximate surface area is 106 Å². The summed E-state index contributed by atoms with van der Waals surface area (Å²) in [6, 6.07) is 9.94. The molecule has 1 aromatic carbocycles. The molecule has 0 saturated carbocycles. The van der Waals surface area contributed by atoms with Gasteiger partial charge < -0.3 is 14.5 Å². The average Bonchev–Trinajstić information content (AvgIpc) is 2.90. The normalized spacial score (nSPS) is 12.3. The molecule has 2 aromatic rings. The molecule has 18 heavy (non-hydrogen) atoms. The second-order valence-corrected chi connectivity index (χ2v) is 3.99. The van der Waals surface area contributed by atoms with Crippen LogP contribution < -0.4 is 10.1 Å². The summed E-state index contributed by atoms with van der Waals surface area (Å²) in [6.45, 7) is 3.24. The van der Waals surface area contributed by atoms with E-state index < -0.39 is 0 Å². The molecule has 0 aliphatic carbocycles. The molecule has 2 rings (SSSR count). The van der Waals surface area contributed by atoms with Crippen LogP contribution in [0.5, 0.6) is 5.75 Å². The van der Waals surface area contributed by atoms with Gasteiger partial charge in [0.2, 0.25) is 0 Å². The summed E-state index contributed by atoms with van der Waals surface area (Å²) in [5.41, 5.74) is 0. The van der Waals surface area contributed by atoms with Crippen LogP contribution in [-0.2, 0) is 0 Å². The molecule has 96 valence electrons. The van der Waals surface area contributed by atoms with Gasteiger partial charge in [-0.3, -0.25) is 0 Å². The highest BCUT2D eigenvalue weighted by Gasteiger charge is 2.06. The van der Waals surface area contributed by atoms with Crippen molar-refractivity contribution in [2.24, 2.45) is 0 Å². The summed E-state index contributed by atoms with van der Waals surface area (Å²) in [5.74, 6) is 1.31. The lowest BCUT2D eigenvalue weighted by Crippen LogP contribution is -2.24. The van der Waals surface area contributed by atoms with E-state index in [-0.39, 0.29) is 11.9 Å². The third kappa shape index (κ3) is 3.60. The first kappa shape index (κ1) is 12.6. The van der Waals surface area contributed by atoms with E-state index in [2.05, 4.69) is 5.32 Å². The highest BCUT2D eigenvalue weighted by atomic mass is 19.1. The minimum absolute atomic E-state index is 0.150. The second kappa shape index (κ2) is 6.21. The maximum Gasteiger partial charge on any atom is 0.123 e. The van der Waals surface area contributed by atoms with E-state index >= 15 is 0 Å². The van der Waals surface area contributed by atoms with Crippen LogP contribution in [0.3, 0.4) is 0 Å². The van der Waals surface area contributed by atoms with Gasteiger partial charge in [0.05, 0.1) is 12.3 Å². The van der Waals surface area contributed by atoms with E-state index in [1.54, 1.807) is 18.4 Å². The summed E-state index contributed by atoms with van der Waals surface area (Å²) in [7, 11) is 0. The molecule has 3 nitrogen and oxygen atoms in total. The molecule has 4 heteroatoms. The fourth-order valence-corrected chi connectivity index (χ4v) is 1.61. The number of rotatable bonds is 6. The Morgan fingerprint density at radius 2 is 2.06 bits per heavy atom. The first-order chi connectivity index (χ1) is 8.75. The standard InChI is InChI=1S/C14H16FNO2/c1-11(14-3-2-9-18-14)16-8-10-17-13-6-4-12(15)5-7-13/h2-7,9,11,16H,8,10H2,1H3. The van der Waals surface area contributed by atoms with Crippen molar-refractivity contribution in [1.82, 2.24) is 5.32 Å². The van der Waals surface area contributed by atoms with Crippen LogP contribution in [-0.4, -0.2) is 13.2 Å². The molecule has 1 unspecified atom stereocenters. The van der Waals surface area contributed by atoms with Crippen molar-refractivity contribution in [3.63, 3.8) is 0 Å². The third-order valence-electron chi connectivity index (χ3n) is 2.60. The smallest absolute Gasteiger partial charge is 0.123 e. The molecule has 0 saturated heterocycles. The molecule has 1 aromatic heterocycles. The van der Waals surface area contributed by atoms with E-state index in [9.17, 15) is 4.39 Å². The van der Waals surface area contributed by atoms with Crippen LogP contribution in [0.25, 0.3) is 0 Å². The summed E-state index contributed by atoms with van der Waals surface area (Å²) in [4.78, 5) is 0. The predicted molar refractivity (Wildman–Crippen MR) is 67.0 cm³/mol. The molecular weight excluding hydrogens is 233 g/mol. The molecule has 1 heterocycles. The van der Waals surface area contributed by atoms with Crippen LogP contribution in [0.15, 0.2) is 47.1 Å². The van der Waals surface area contributed by atoms with Gasteiger partial charge in [0.1, 0.15) is 23.9 Å². The Balaban J connectivity index is 1.68. The van der Waals surface area contributed by atoms with Gasteiger partial charge in [0, 0.05) is 6.54 Å². The van der Waals surface area contributed by atoms with Crippen molar-refractivity contribution < 1.29 is 13.5 Å². The minimum Gasteiger partial charge on any atom is -0.492 e. The summed E-state index contributed by atoms with van der Waals surface area (Å²) in [5, 5.41) is 3.27. The van der Waals surface area contributed by atoms with Crippen molar-refractivity contribution >= 4 is 0 Å². The molecule has 0 aliphatic rings. The van der Waals surface area contributed by atoms with Gasteiger partial charge in [-0.15, -0.1) is 0 Å². The Morgan fingerprint density at radius 3 is 2.72 bits per heavy atom. The van der Waals surface area contributed by atoms with Crippen molar-refractivity contribution in [1.29, 1.82) is 0 Å². The summed E-state index contributed by atoms with van der Waals surface area (Å²) < 4.78 is 23.4. The molecular formula is C14H16FNO2. The fourth-order valence-electron chi connectivity index (χ4n) is 1.61. The maximum atomic E-state index is 12.7. The van der Waals surface area contributed by atoms with Crippen LogP contribution in [0, 0.1) is 5.82 Å². The molecule has 1 atom stereocenters. The third-order valence-corrected chi connectivity index (χ3v) is 2.60. The predicted octanol–water partition coefficient (Wildman–Crippen LogP) is 3.15. The lowest BCUT2D eigenvalue weighted by molar-refractivity contribution is 0.301. The SMILES string of the molecule is CC(NCCOc1ccc(F)cc1)c1ccco1. The fraction of sp³-hybridized carbons (Fsp3) is 0.286. The van der Waals surface area contributed by atoms with Gasteiger partial charge in [-0.2, -0.15) is 0 Å². The second-order valence-electron chi connectivity index (χ2n) is 3.99. The lowest BCUT2D eigenvalue weighted by atomic mass is 10.2. The first-order valence-corrected chi connectivity index (χ1v) is 5.91. The molecule has 0 spiro atoms. The monoisotopic (exact) mass is 249 g/mol. The number of nitrogens with one attached hydrogen (secondary N) is 1. The quantitative estimate of drug-likeness (QED) is 0.799. The van der Waals surface area contributed by atoms with Crippen LogP contribution in [0.4, 0.5) is 4.39 Å². The van der Waals surface area contributed by atoms with Crippen molar-refractivity contribution in [3.05, 3.63) is 54.2 Å². The number of halogens is 1. The van der Waals surface area contributed by atoms with Gasteiger partial charge in [-0.1, -0.05) is 0 Å². The number of hydrogen-bond donors (Lipinski definition) is 1. The number of benzene rings is 1. The van der Waals surface area contributed by atoms with E-state index in [1.807, 2.05) is 19.1 Å². The van der Waals surface area contributed by atoms with Crippen LogP contribution in [0.1, 0.15) is 18.7 Å². The largest absolute Gasteiger partial charge is 0.492 e. The first-order valence-electron chi connectivity index (χ1n) is 5.91. The van der Waals surface area contributed by atoms with Crippen LogP contribution >= 0.6 is 0 Å². The van der Waals surface area contributed by atoms with E-state index in [4.69, 9.17) is 9.15 Å². The number of hydrogen-bond acceptors (Lipinski definition) is 3. The zero-order valence-electron chi connectivity index (χ0n) is 10.2. The Hall–Kier alpha value is -1.81. The topological polar surface area (TPSA) is 34.4 Å². The van der Waals surface area contributed by atoms with E-state index in [0.29, 0.717) is 18.9 Å². The summed E-state index contributed by atoms with van der Waals surface area (Å²) >= 11 is 0. The molecule has 0 aliphatic heterocycles. The molecule has 0 amide bonds.